The quantitative estimate of drug-likeness (QED) is 0.604. The molecular weight excluding hydrogens is 353 g/mol. The number of halogens is 11. The van der Waals surface area contributed by atoms with Crippen molar-refractivity contribution >= 4 is 5.97 Å². The van der Waals surface area contributed by atoms with E-state index >= 15 is 0 Å². The Kier molecular flexibility index (Phi) is 5.15. The van der Waals surface area contributed by atoms with Crippen molar-refractivity contribution in [1.29, 1.82) is 0 Å². The molecule has 1 N–H and O–H groups in total. The lowest BCUT2D eigenvalue weighted by Crippen LogP contribution is -2.58. The first-order chi connectivity index (χ1) is 9.37. The van der Waals surface area contributed by atoms with Crippen LogP contribution in [0, 0.1) is 0 Å². The fourth-order valence-electron chi connectivity index (χ4n) is 0.780. The number of carboxylic acids is 1. The van der Waals surface area contributed by atoms with Gasteiger partial charge in [-0.1, -0.05) is 0 Å². The van der Waals surface area contributed by atoms with Crippen LogP contribution in [0.4, 0.5) is 48.3 Å². The van der Waals surface area contributed by atoms with Crippen LogP contribution in [0.3, 0.4) is 0 Å². The van der Waals surface area contributed by atoms with Gasteiger partial charge in [-0.3, -0.25) is 4.74 Å². The number of carboxylic acid groups (broad SMARTS) is 1. The molecule has 0 aliphatic heterocycles. The molecule has 0 aliphatic rings. The third-order valence-electron chi connectivity index (χ3n) is 1.83. The number of hydrogen-bond acceptors (Lipinski definition) is 2. The molecule has 3 nitrogen and oxygen atoms in total. The molecule has 0 unspecified atom stereocenters. The van der Waals surface area contributed by atoms with E-state index in [0.717, 1.165) is 0 Å². The van der Waals surface area contributed by atoms with E-state index in [-0.39, 0.29) is 0 Å². The fraction of sp³-hybridized carbons (Fsp3) is 0.625. The lowest BCUT2D eigenvalue weighted by molar-refractivity contribution is -0.473. The van der Waals surface area contributed by atoms with Gasteiger partial charge in [0.25, 0.3) is 0 Å². The maximum atomic E-state index is 13.2. The summed E-state index contributed by atoms with van der Waals surface area (Å²) in [6.07, 6.45) is -22.7. The van der Waals surface area contributed by atoms with E-state index in [9.17, 15) is 53.1 Å². The van der Waals surface area contributed by atoms with Crippen LogP contribution in [0.1, 0.15) is 0 Å². The van der Waals surface area contributed by atoms with Crippen molar-refractivity contribution in [3.8, 4) is 0 Å². The minimum atomic E-state index is -7.18. The molecule has 0 saturated carbocycles. The number of carbonyl (C=O) groups is 1. The molecule has 0 aromatic carbocycles. The van der Waals surface area contributed by atoms with Crippen LogP contribution in [0.2, 0.25) is 0 Å². The number of alkyl halides is 11. The standard InChI is InChI=1S/C8H3F11O3/c9-4(6(12,13)14,2-1-3(20)21)22-8(18,19)5(10,11)7(15,16)17/h1-2H,(H,20,21)/b2-1+/t4-/m1/s1. The lowest BCUT2D eigenvalue weighted by atomic mass is 10.2. The van der Waals surface area contributed by atoms with Gasteiger partial charge in [0, 0.05) is 6.08 Å². The molecule has 0 rings (SSSR count). The minimum Gasteiger partial charge on any atom is -0.478 e. The van der Waals surface area contributed by atoms with Crippen LogP contribution in [0.5, 0.6) is 0 Å². The second kappa shape index (κ2) is 5.55. The lowest BCUT2D eigenvalue weighted by Gasteiger charge is -2.33. The Morgan fingerprint density at radius 1 is 0.818 bits per heavy atom. The van der Waals surface area contributed by atoms with Gasteiger partial charge in [0.05, 0.1) is 0 Å². The Morgan fingerprint density at radius 2 is 1.23 bits per heavy atom. The van der Waals surface area contributed by atoms with Gasteiger partial charge < -0.3 is 5.11 Å². The second-order valence-electron chi connectivity index (χ2n) is 3.51. The van der Waals surface area contributed by atoms with E-state index in [2.05, 4.69) is 0 Å². The largest absolute Gasteiger partial charge is 0.478 e. The Bertz CT molecular complexity index is 449. The van der Waals surface area contributed by atoms with Crippen molar-refractivity contribution in [2.45, 2.75) is 30.2 Å². The molecule has 0 radical (unpaired) electrons. The molecule has 1 atom stereocenters. The molecule has 22 heavy (non-hydrogen) atoms. The first-order valence-electron chi connectivity index (χ1n) is 4.58. The van der Waals surface area contributed by atoms with Gasteiger partial charge in [-0.2, -0.15) is 48.3 Å². The topological polar surface area (TPSA) is 46.5 Å². The third kappa shape index (κ3) is 3.98. The SMILES string of the molecule is O=C(O)/C=C/[C@@](F)(OC(F)(F)C(F)(F)C(F)(F)F)C(F)(F)F. The van der Waals surface area contributed by atoms with Gasteiger partial charge in [-0.15, -0.1) is 0 Å². The molecule has 0 spiro atoms. The molecule has 0 aliphatic carbocycles. The molecule has 0 bridgehead atoms. The highest BCUT2D eigenvalue weighted by Crippen LogP contribution is 2.51. The summed E-state index contributed by atoms with van der Waals surface area (Å²) in [5.74, 6) is -15.4. The van der Waals surface area contributed by atoms with Crippen molar-refractivity contribution in [2.24, 2.45) is 0 Å². The van der Waals surface area contributed by atoms with Crippen LogP contribution in [-0.4, -0.2) is 41.3 Å². The highest BCUT2D eigenvalue weighted by atomic mass is 19.4. The average molecular weight is 356 g/mol. The van der Waals surface area contributed by atoms with Crippen LogP contribution < -0.4 is 0 Å². The second-order valence-corrected chi connectivity index (χ2v) is 3.51. The Labute approximate surface area is 112 Å². The molecule has 0 fully saturated rings. The molecular formula is C8H3F11O3. The molecule has 0 aromatic rings. The summed E-state index contributed by atoms with van der Waals surface area (Å²) in [6.45, 7) is 0. The van der Waals surface area contributed by atoms with Gasteiger partial charge in [0.15, 0.2) is 0 Å². The van der Waals surface area contributed by atoms with Crippen molar-refractivity contribution in [3.05, 3.63) is 12.2 Å². The van der Waals surface area contributed by atoms with Crippen LogP contribution in [0.25, 0.3) is 0 Å². The average Bonchev–Trinajstić information content (AvgIpc) is 2.22. The summed E-state index contributed by atoms with van der Waals surface area (Å²) in [7, 11) is 0. The minimum absolute atomic E-state index is 0.769. The predicted octanol–water partition coefficient (Wildman–Crippen LogP) is 3.66. The normalized spacial score (nSPS) is 17.6. The van der Waals surface area contributed by atoms with Gasteiger partial charge in [0.2, 0.25) is 0 Å². The maximum Gasteiger partial charge on any atom is 0.462 e. The van der Waals surface area contributed by atoms with Crippen molar-refractivity contribution in [2.75, 3.05) is 0 Å². The highest BCUT2D eigenvalue weighted by molar-refractivity contribution is 5.79. The van der Waals surface area contributed by atoms with Crippen LogP contribution in [-0.2, 0) is 9.53 Å². The van der Waals surface area contributed by atoms with E-state index in [1.807, 2.05) is 4.74 Å². The maximum absolute atomic E-state index is 13.2. The molecule has 14 heteroatoms. The number of ether oxygens (including phenoxy) is 1. The van der Waals surface area contributed by atoms with E-state index in [4.69, 9.17) is 5.11 Å². The van der Waals surface area contributed by atoms with Crippen LogP contribution >= 0.6 is 0 Å². The highest BCUT2D eigenvalue weighted by Gasteiger charge is 2.77. The third-order valence-corrected chi connectivity index (χ3v) is 1.83. The Hall–Kier alpha value is -1.60. The summed E-state index contributed by atoms with van der Waals surface area (Å²) in [5, 5.41) is 7.94. The van der Waals surface area contributed by atoms with Gasteiger partial charge in [0.1, 0.15) is 0 Å². The van der Waals surface area contributed by atoms with Crippen molar-refractivity contribution in [1.82, 2.24) is 0 Å². The van der Waals surface area contributed by atoms with Crippen molar-refractivity contribution < 1.29 is 62.9 Å². The van der Waals surface area contributed by atoms with Gasteiger partial charge in [-0.25, -0.2) is 4.79 Å². The summed E-state index contributed by atoms with van der Waals surface area (Å²) < 4.78 is 137. The summed E-state index contributed by atoms with van der Waals surface area (Å²) in [5.41, 5.74) is 0. The monoisotopic (exact) mass is 356 g/mol. The zero-order chi connectivity index (χ0) is 18.2. The van der Waals surface area contributed by atoms with Crippen LogP contribution in [0.15, 0.2) is 12.2 Å². The summed E-state index contributed by atoms with van der Waals surface area (Å²) in [4.78, 5) is 9.90. The first-order valence-corrected chi connectivity index (χ1v) is 4.58. The predicted molar refractivity (Wildman–Crippen MR) is 43.7 cm³/mol. The summed E-state index contributed by atoms with van der Waals surface area (Å²) in [6, 6.07) is 0. The van der Waals surface area contributed by atoms with E-state index < -0.39 is 48.4 Å². The zero-order valence-corrected chi connectivity index (χ0v) is 9.58. The molecule has 0 aromatic heterocycles. The van der Waals surface area contributed by atoms with Gasteiger partial charge >= 0.3 is 36.2 Å². The Balaban J connectivity index is 5.82. The smallest absolute Gasteiger partial charge is 0.462 e. The van der Waals surface area contributed by atoms with Gasteiger partial charge in [-0.05, 0) is 6.08 Å². The van der Waals surface area contributed by atoms with E-state index in [0.29, 0.717) is 0 Å². The first kappa shape index (κ1) is 20.4. The Morgan fingerprint density at radius 3 is 1.50 bits per heavy atom. The van der Waals surface area contributed by atoms with E-state index in [1.165, 1.54) is 0 Å². The summed E-state index contributed by atoms with van der Waals surface area (Å²) >= 11 is 0. The number of rotatable bonds is 5. The molecule has 130 valence electrons. The zero-order valence-electron chi connectivity index (χ0n) is 9.58. The molecule has 0 saturated heterocycles. The molecule has 0 amide bonds. The fourth-order valence-corrected chi connectivity index (χ4v) is 0.780. The molecule has 0 heterocycles. The number of aliphatic carboxylic acids is 1. The van der Waals surface area contributed by atoms with E-state index in [1.54, 1.807) is 0 Å². The number of hydrogen-bond donors (Lipinski definition) is 1. The van der Waals surface area contributed by atoms with Crippen molar-refractivity contribution in [3.63, 3.8) is 0 Å².